The number of nitrogens with zero attached hydrogens (tertiary/aromatic N) is 2. The van der Waals surface area contributed by atoms with E-state index in [9.17, 15) is 14.9 Å². The molecule has 0 bridgehead atoms. The summed E-state index contributed by atoms with van der Waals surface area (Å²) in [6.07, 6.45) is 3.39. The van der Waals surface area contributed by atoms with Gasteiger partial charge in [0.05, 0.1) is 29.5 Å². The molecule has 1 aromatic rings. The van der Waals surface area contributed by atoms with Gasteiger partial charge in [0.15, 0.2) is 0 Å². The van der Waals surface area contributed by atoms with Gasteiger partial charge in [0, 0.05) is 24.4 Å². The van der Waals surface area contributed by atoms with Crippen LogP contribution in [0.25, 0.3) is 0 Å². The fraction of sp³-hybridized carbons (Fsp3) is 0.500. The molecular formula is C22H27N3O3S. The molecule has 29 heavy (non-hydrogen) atoms. The van der Waals surface area contributed by atoms with Crippen LogP contribution in [0.1, 0.15) is 51.0 Å². The summed E-state index contributed by atoms with van der Waals surface area (Å²) in [5.41, 5.74) is 1.40. The SMILES string of the molecule is COc1ccc([C@@H]2CC(=O)NC(SCC(=O)N3[C@H](C)CCC[C@@H]3C)=C2C#N)cc1. The van der Waals surface area contributed by atoms with Crippen molar-refractivity contribution in [1.29, 1.82) is 5.26 Å². The molecule has 1 fully saturated rings. The molecule has 0 radical (unpaired) electrons. The molecule has 7 heteroatoms. The van der Waals surface area contributed by atoms with Crippen molar-refractivity contribution in [3.8, 4) is 11.8 Å². The number of carbonyl (C=O) groups excluding carboxylic acids is 2. The van der Waals surface area contributed by atoms with Crippen LogP contribution < -0.4 is 10.1 Å². The number of rotatable bonds is 5. The maximum Gasteiger partial charge on any atom is 0.233 e. The lowest BCUT2D eigenvalue weighted by molar-refractivity contribution is -0.134. The average Bonchev–Trinajstić information content (AvgIpc) is 2.71. The molecule has 1 N–H and O–H groups in total. The summed E-state index contributed by atoms with van der Waals surface area (Å²) >= 11 is 1.25. The fourth-order valence-corrected chi connectivity index (χ4v) is 5.12. The van der Waals surface area contributed by atoms with Gasteiger partial charge in [-0.3, -0.25) is 9.59 Å². The Kier molecular flexibility index (Phi) is 6.86. The molecule has 0 aliphatic carbocycles. The van der Waals surface area contributed by atoms with Crippen molar-refractivity contribution in [1.82, 2.24) is 10.2 Å². The number of allylic oxidation sites excluding steroid dienone is 1. The van der Waals surface area contributed by atoms with Gasteiger partial charge in [0.1, 0.15) is 5.75 Å². The molecule has 3 rings (SSSR count). The fourth-order valence-electron chi connectivity index (χ4n) is 4.18. The van der Waals surface area contributed by atoms with Gasteiger partial charge in [0.2, 0.25) is 11.8 Å². The molecule has 1 saturated heterocycles. The van der Waals surface area contributed by atoms with Crippen molar-refractivity contribution < 1.29 is 14.3 Å². The smallest absolute Gasteiger partial charge is 0.233 e. The van der Waals surface area contributed by atoms with Crippen LogP contribution in [0.3, 0.4) is 0 Å². The zero-order valence-electron chi connectivity index (χ0n) is 17.1. The highest BCUT2D eigenvalue weighted by Gasteiger charge is 2.32. The summed E-state index contributed by atoms with van der Waals surface area (Å²) in [4.78, 5) is 27.1. The Morgan fingerprint density at radius 1 is 1.28 bits per heavy atom. The second-order valence-electron chi connectivity index (χ2n) is 7.65. The van der Waals surface area contributed by atoms with Gasteiger partial charge in [-0.1, -0.05) is 23.9 Å². The summed E-state index contributed by atoms with van der Waals surface area (Å²) in [6.45, 7) is 4.17. The predicted molar refractivity (Wildman–Crippen MR) is 113 cm³/mol. The Labute approximate surface area is 176 Å². The monoisotopic (exact) mass is 413 g/mol. The maximum absolute atomic E-state index is 12.8. The van der Waals surface area contributed by atoms with Crippen LogP contribution in [-0.2, 0) is 9.59 Å². The van der Waals surface area contributed by atoms with Crippen LogP contribution in [-0.4, -0.2) is 41.7 Å². The van der Waals surface area contributed by atoms with Crippen molar-refractivity contribution >= 4 is 23.6 Å². The van der Waals surface area contributed by atoms with Crippen LogP contribution >= 0.6 is 11.8 Å². The molecule has 2 aliphatic heterocycles. The van der Waals surface area contributed by atoms with Crippen LogP contribution in [0.5, 0.6) is 5.75 Å². The Morgan fingerprint density at radius 2 is 1.93 bits per heavy atom. The summed E-state index contributed by atoms with van der Waals surface area (Å²) < 4.78 is 5.19. The Hall–Kier alpha value is -2.46. The number of methoxy groups -OCH3 is 1. The van der Waals surface area contributed by atoms with E-state index < -0.39 is 0 Å². The molecule has 0 unspecified atom stereocenters. The number of nitriles is 1. The molecule has 6 nitrogen and oxygen atoms in total. The largest absolute Gasteiger partial charge is 0.497 e. The van der Waals surface area contributed by atoms with Gasteiger partial charge in [0.25, 0.3) is 0 Å². The Bertz CT molecular complexity index is 834. The first-order chi connectivity index (χ1) is 13.9. The van der Waals surface area contributed by atoms with Crippen molar-refractivity contribution in [2.45, 2.75) is 57.5 Å². The van der Waals surface area contributed by atoms with Crippen molar-refractivity contribution in [3.05, 3.63) is 40.4 Å². The number of piperidine rings is 1. The maximum atomic E-state index is 12.8. The molecule has 154 valence electrons. The number of hydrogen-bond acceptors (Lipinski definition) is 5. The number of hydrogen-bond donors (Lipinski definition) is 1. The summed E-state index contributed by atoms with van der Waals surface area (Å²) in [5, 5.41) is 13.1. The molecule has 2 aliphatic rings. The summed E-state index contributed by atoms with van der Waals surface area (Å²) in [5.74, 6) is 0.538. The number of ether oxygens (including phenoxy) is 1. The van der Waals surface area contributed by atoms with Crippen LogP contribution in [0, 0.1) is 11.3 Å². The summed E-state index contributed by atoms with van der Waals surface area (Å²) in [6, 6.07) is 10.1. The lowest BCUT2D eigenvalue weighted by Crippen LogP contribution is -2.48. The molecule has 0 spiro atoms. The van der Waals surface area contributed by atoms with E-state index in [1.807, 2.05) is 29.2 Å². The predicted octanol–water partition coefficient (Wildman–Crippen LogP) is 3.56. The van der Waals surface area contributed by atoms with E-state index in [1.165, 1.54) is 11.8 Å². The van der Waals surface area contributed by atoms with E-state index in [4.69, 9.17) is 4.74 Å². The Morgan fingerprint density at radius 3 is 2.52 bits per heavy atom. The van der Waals surface area contributed by atoms with E-state index in [1.54, 1.807) is 7.11 Å². The molecular weight excluding hydrogens is 386 g/mol. The van der Waals surface area contributed by atoms with E-state index in [0.717, 1.165) is 30.6 Å². The van der Waals surface area contributed by atoms with Gasteiger partial charge < -0.3 is 15.0 Å². The van der Waals surface area contributed by atoms with Gasteiger partial charge in [-0.15, -0.1) is 0 Å². The lowest BCUT2D eigenvalue weighted by atomic mass is 9.87. The van der Waals surface area contributed by atoms with Gasteiger partial charge >= 0.3 is 0 Å². The highest BCUT2D eigenvalue weighted by Crippen LogP contribution is 2.36. The second kappa shape index (κ2) is 9.36. The van der Waals surface area contributed by atoms with Crippen LogP contribution in [0.2, 0.25) is 0 Å². The van der Waals surface area contributed by atoms with Crippen molar-refractivity contribution in [2.75, 3.05) is 12.9 Å². The first-order valence-electron chi connectivity index (χ1n) is 9.96. The standard InChI is InChI=1S/C22H27N3O3S/c1-14-5-4-6-15(2)25(14)21(27)13-29-22-19(12-23)18(11-20(26)24-22)16-7-9-17(28-3)10-8-16/h7-10,14-15,18H,4-6,11,13H2,1-3H3,(H,24,26)/t14-,15+,18-/m0/s1. The molecule has 2 heterocycles. The van der Waals surface area contributed by atoms with Crippen LogP contribution in [0.4, 0.5) is 0 Å². The average molecular weight is 414 g/mol. The molecule has 0 saturated carbocycles. The van der Waals surface area contributed by atoms with Gasteiger partial charge in [-0.25, -0.2) is 0 Å². The highest BCUT2D eigenvalue weighted by atomic mass is 32.2. The van der Waals surface area contributed by atoms with E-state index in [2.05, 4.69) is 25.2 Å². The normalized spacial score (nSPS) is 24.7. The van der Waals surface area contributed by atoms with E-state index in [-0.39, 0.29) is 42.0 Å². The zero-order chi connectivity index (χ0) is 21.0. The lowest BCUT2D eigenvalue weighted by Gasteiger charge is -2.39. The minimum Gasteiger partial charge on any atom is -0.497 e. The third kappa shape index (κ3) is 4.76. The molecule has 0 aromatic heterocycles. The minimum atomic E-state index is -0.315. The van der Waals surface area contributed by atoms with E-state index in [0.29, 0.717) is 10.6 Å². The second-order valence-corrected chi connectivity index (χ2v) is 8.64. The summed E-state index contributed by atoms with van der Waals surface area (Å²) in [7, 11) is 1.60. The van der Waals surface area contributed by atoms with Gasteiger partial charge in [-0.05, 0) is 50.8 Å². The van der Waals surface area contributed by atoms with E-state index >= 15 is 0 Å². The topological polar surface area (TPSA) is 82.4 Å². The minimum absolute atomic E-state index is 0.0558. The molecule has 2 amide bonds. The number of likely N-dealkylation sites (tertiary alicyclic amines) is 1. The first-order valence-corrected chi connectivity index (χ1v) is 10.9. The number of carbonyl (C=O) groups is 2. The zero-order valence-corrected chi connectivity index (χ0v) is 17.9. The molecule has 3 atom stereocenters. The van der Waals surface area contributed by atoms with Crippen LogP contribution in [0.15, 0.2) is 34.9 Å². The first kappa shape index (κ1) is 21.3. The van der Waals surface area contributed by atoms with Crippen molar-refractivity contribution in [3.63, 3.8) is 0 Å². The van der Waals surface area contributed by atoms with Crippen molar-refractivity contribution in [2.24, 2.45) is 0 Å². The number of thioether (sulfide) groups is 1. The third-order valence-corrected chi connectivity index (χ3v) is 6.70. The number of benzene rings is 1. The van der Waals surface area contributed by atoms with Gasteiger partial charge in [-0.2, -0.15) is 5.26 Å². The Balaban J connectivity index is 1.78. The quantitative estimate of drug-likeness (QED) is 0.798. The number of amides is 2. The third-order valence-electron chi connectivity index (χ3n) is 5.70. The number of nitrogens with one attached hydrogen (secondary N) is 1. The highest BCUT2D eigenvalue weighted by molar-refractivity contribution is 8.03. The molecule has 1 aromatic carbocycles.